The van der Waals surface area contributed by atoms with Crippen molar-refractivity contribution in [2.24, 2.45) is 5.92 Å². The minimum absolute atomic E-state index is 0.110. The van der Waals surface area contributed by atoms with Crippen LogP contribution in [0.25, 0.3) is 0 Å². The summed E-state index contributed by atoms with van der Waals surface area (Å²) in [5.41, 5.74) is 2.39. The molecule has 0 radical (unpaired) electrons. The van der Waals surface area contributed by atoms with Crippen molar-refractivity contribution >= 4 is 29.0 Å². The highest BCUT2D eigenvalue weighted by Gasteiger charge is 2.16. The normalized spacial score (nSPS) is 12.1. The summed E-state index contributed by atoms with van der Waals surface area (Å²) < 4.78 is 0. The molecule has 1 aromatic heterocycles. The average molecular weight is 346 g/mol. The molecule has 0 saturated heterocycles. The van der Waals surface area contributed by atoms with Crippen LogP contribution >= 0.6 is 11.6 Å². The predicted octanol–water partition coefficient (Wildman–Crippen LogP) is 4.95. The van der Waals surface area contributed by atoms with E-state index in [4.69, 9.17) is 11.6 Å². The second-order valence-corrected chi connectivity index (χ2v) is 6.92. The molecule has 1 unspecified atom stereocenters. The molecule has 5 heteroatoms. The first-order chi connectivity index (χ1) is 11.4. The summed E-state index contributed by atoms with van der Waals surface area (Å²) in [6.45, 7) is 8.28. The van der Waals surface area contributed by atoms with Gasteiger partial charge in [0.05, 0.1) is 5.56 Å². The van der Waals surface area contributed by atoms with E-state index in [0.29, 0.717) is 22.3 Å². The Labute approximate surface area is 148 Å². The maximum Gasteiger partial charge on any atom is 0.255 e. The number of nitrogens with one attached hydrogen (secondary N) is 2. The molecule has 0 bridgehead atoms. The maximum absolute atomic E-state index is 12.6. The molecule has 0 fully saturated rings. The van der Waals surface area contributed by atoms with Gasteiger partial charge in [-0.05, 0) is 56.0 Å². The van der Waals surface area contributed by atoms with Gasteiger partial charge in [-0.2, -0.15) is 0 Å². The third kappa shape index (κ3) is 4.96. The Morgan fingerprint density at radius 1 is 1.25 bits per heavy atom. The molecule has 0 aliphatic carbocycles. The van der Waals surface area contributed by atoms with Crippen LogP contribution in [0, 0.1) is 12.8 Å². The lowest BCUT2D eigenvalue weighted by Crippen LogP contribution is -2.34. The first-order valence-electron chi connectivity index (χ1n) is 8.16. The van der Waals surface area contributed by atoms with Crippen molar-refractivity contribution in [2.75, 3.05) is 5.32 Å². The van der Waals surface area contributed by atoms with Crippen LogP contribution in [0.5, 0.6) is 0 Å². The quantitative estimate of drug-likeness (QED) is 0.778. The van der Waals surface area contributed by atoms with E-state index in [1.54, 1.807) is 18.3 Å². The van der Waals surface area contributed by atoms with Crippen molar-refractivity contribution in [3.8, 4) is 0 Å². The van der Waals surface area contributed by atoms with Crippen LogP contribution in [-0.2, 0) is 0 Å². The molecule has 0 aliphatic rings. The second kappa shape index (κ2) is 8.15. The van der Waals surface area contributed by atoms with Crippen LogP contribution in [0.15, 0.2) is 36.5 Å². The van der Waals surface area contributed by atoms with Crippen LogP contribution in [-0.4, -0.2) is 16.9 Å². The van der Waals surface area contributed by atoms with Gasteiger partial charge in [-0.25, -0.2) is 4.98 Å². The molecule has 0 aliphatic heterocycles. The highest BCUT2D eigenvalue weighted by molar-refractivity contribution is 6.30. The number of pyridine rings is 1. The zero-order valence-corrected chi connectivity index (χ0v) is 15.3. The molecule has 128 valence electrons. The van der Waals surface area contributed by atoms with Crippen LogP contribution in [0.4, 0.5) is 11.5 Å². The number of nitrogens with zero attached hydrogens (tertiary/aromatic N) is 1. The van der Waals surface area contributed by atoms with Gasteiger partial charge in [0.2, 0.25) is 0 Å². The molecule has 2 N–H and O–H groups in total. The molecule has 4 nitrogen and oxygen atoms in total. The lowest BCUT2D eigenvalue weighted by atomic mass is 10.0. The topological polar surface area (TPSA) is 54.0 Å². The summed E-state index contributed by atoms with van der Waals surface area (Å²) in [6, 6.07) is 9.23. The number of rotatable bonds is 6. The van der Waals surface area contributed by atoms with Crippen LogP contribution < -0.4 is 10.6 Å². The van der Waals surface area contributed by atoms with Crippen molar-refractivity contribution in [1.82, 2.24) is 10.3 Å². The summed E-state index contributed by atoms with van der Waals surface area (Å²) in [7, 11) is 0. The average Bonchev–Trinajstić information content (AvgIpc) is 2.50. The molecule has 1 amide bonds. The van der Waals surface area contributed by atoms with Crippen LogP contribution in [0.2, 0.25) is 5.02 Å². The molecule has 0 spiro atoms. The maximum atomic E-state index is 12.6. The lowest BCUT2D eigenvalue weighted by Gasteiger charge is -2.17. The van der Waals surface area contributed by atoms with Crippen molar-refractivity contribution in [3.05, 3.63) is 52.7 Å². The largest absolute Gasteiger partial charge is 0.349 e. The van der Waals surface area contributed by atoms with E-state index in [-0.39, 0.29) is 11.9 Å². The highest BCUT2D eigenvalue weighted by atomic mass is 35.5. The monoisotopic (exact) mass is 345 g/mol. The van der Waals surface area contributed by atoms with E-state index in [0.717, 1.165) is 17.7 Å². The van der Waals surface area contributed by atoms with Gasteiger partial charge < -0.3 is 10.6 Å². The van der Waals surface area contributed by atoms with Gasteiger partial charge in [0.15, 0.2) is 0 Å². The van der Waals surface area contributed by atoms with Crippen molar-refractivity contribution < 1.29 is 4.79 Å². The third-order valence-corrected chi connectivity index (χ3v) is 3.94. The first-order valence-corrected chi connectivity index (χ1v) is 8.53. The van der Waals surface area contributed by atoms with Crippen molar-refractivity contribution in [1.29, 1.82) is 0 Å². The van der Waals surface area contributed by atoms with Crippen LogP contribution in [0.3, 0.4) is 0 Å². The molecule has 2 rings (SSSR count). The van der Waals surface area contributed by atoms with Crippen LogP contribution in [0.1, 0.15) is 43.1 Å². The number of aromatic nitrogens is 1. The standard InChI is InChI=1S/C19H24ClN3O/c1-12(2)10-14(4)22-19(24)16-6-5-9-21-18(16)23-17-11-15(20)8-7-13(17)3/h5-9,11-12,14H,10H2,1-4H3,(H,21,23)(H,22,24). The smallest absolute Gasteiger partial charge is 0.255 e. The summed E-state index contributed by atoms with van der Waals surface area (Å²) in [5, 5.41) is 6.89. The molecule has 24 heavy (non-hydrogen) atoms. The van der Waals surface area contributed by atoms with Crippen molar-refractivity contribution in [2.45, 2.75) is 40.2 Å². The molecule has 1 aromatic carbocycles. The Morgan fingerprint density at radius 2 is 2.00 bits per heavy atom. The van der Waals surface area contributed by atoms with Gasteiger partial charge in [0.1, 0.15) is 5.82 Å². The Kier molecular flexibility index (Phi) is 6.21. The number of carbonyl (C=O) groups is 1. The van der Waals surface area contributed by atoms with E-state index in [1.165, 1.54) is 0 Å². The molecule has 0 saturated carbocycles. The fraction of sp³-hybridized carbons (Fsp3) is 0.368. The number of hydrogen-bond acceptors (Lipinski definition) is 3. The lowest BCUT2D eigenvalue weighted by molar-refractivity contribution is 0.0936. The molecular weight excluding hydrogens is 322 g/mol. The summed E-state index contributed by atoms with van der Waals surface area (Å²) in [5.74, 6) is 0.927. The van der Waals surface area contributed by atoms with E-state index in [1.807, 2.05) is 32.0 Å². The van der Waals surface area contributed by atoms with Gasteiger partial charge in [0, 0.05) is 22.9 Å². The number of carbonyl (C=O) groups excluding carboxylic acids is 1. The number of aryl methyl sites for hydroxylation is 1. The number of benzene rings is 1. The third-order valence-electron chi connectivity index (χ3n) is 3.71. The summed E-state index contributed by atoms with van der Waals surface area (Å²) in [4.78, 5) is 16.9. The van der Waals surface area contributed by atoms with E-state index >= 15 is 0 Å². The first kappa shape index (κ1) is 18.3. The minimum Gasteiger partial charge on any atom is -0.349 e. The van der Waals surface area contributed by atoms with Gasteiger partial charge in [-0.1, -0.05) is 31.5 Å². The Morgan fingerprint density at radius 3 is 2.71 bits per heavy atom. The van der Waals surface area contributed by atoms with Crippen molar-refractivity contribution in [3.63, 3.8) is 0 Å². The second-order valence-electron chi connectivity index (χ2n) is 6.49. The number of amides is 1. The number of anilines is 2. The molecule has 1 atom stereocenters. The van der Waals surface area contributed by atoms with Gasteiger partial charge >= 0.3 is 0 Å². The number of hydrogen-bond donors (Lipinski definition) is 2. The fourth-order valence-corrected chi connectivity index (χ4v) is 2.78. The zero-order valence-electron chi connectivity index (χ0n) is 14.6. The number of halogens is 1. The molecule has 2 aromatic rings. The zero-order chi connectivity index (χ0) is 17.7. The minimum atomic E-state index is -0.126. The molecular formula is C19H24ClN3O. The van der Waals surface area contributed by atoms with Gasteiger partial charge in [0.25, 0.3) is 5.91 Å². The highest BCUT2D eigenvalue weighted by Crippen LogP contribution is 2.25. The van der Waals surface area contributed by atoms with Gasteiger partial charge in [-0.15, -0.1) is 0 Å². The summed E-state index contributed by atoms with van der Waals surface area (Å²) in [6.07, 6.45) is 2.60. The molecule has 1 heterocycles. The Hall–Kier alpha value is -2.07. The Balaban J connectivity index is 2.21. The van der Waals surface area contributed by atoms with E-state index in [9.17, 15) is 4.79 Å². The van der Waals surface area contributed by atoms with E-state index in [2.05, 4.69) is 29.5 Å². The summed E-state index contributed by atoms with van der Waals surface area (Å²) >= 11 is 6.06. The van der Waals surface area contributed by atoms with Gasteiger partial charge in [-0.3, -0.25) is 4.79 Å². The SMILES string of the molecule is Cc1ccc(Cl)cc1Nc1ncccc1C(=O)NC(C)CC(C)C. The Bertz CT molecular complexity index is 716. The fourth-order valence-electron chi connectivity index (χ4n) is 2.61. The predicted molar refractivity (Wildman–Crippen MR) is 100 cm³/mol. The van der Waals surface area contributed by atoms with E-state index < -0.39 is 0 Å².